The van der Waals surface area contributed by atoms with Crippen molar-refractivity contribution >= 4 is 43.1 Å². The Hall–Kier alpha value is -3.04. The monoisotopic (exact) mass is 657 g/mol. The molecule has 0 radical (unpaired) electrons. The van der Waals surface area contributed by atoms with Gasteiger partial charge >= 0.3 is 0 Å². The number of sulfone groups is 1. The van der Waals surface area contributed by atoms with Gasteiger partial charge in [-0.3, -0.25) is 4.79 Å². The van der Waals surface area contributed by atoms with Crippen LogP contribution >= 0.6 is 11.6 Å². The molecule has 0 aliphatic heterocycles. The largest absolute Gasteiger partial charge is 0.388 e. The van der Waals surface area contributed by atoms with E-state index in [0.29, 0.717) is 18.6 Å². The fraction of sp³-hybridized carbons (Fsp3) is 0.357. The standard InChI is InChI=1S/C28H27ClF3N3O6S2/c1-15-8-17-10-19(13-20(15)28(17,37)14-34-43(40,41)25-4-2-3-7-33-25)42(38,39)24-9-16(5-6-21(24)29)27(36)35-18-11-22(30)26(32)23(31)12-18/h2-7,9,11-12,15,17,19-20,34,37H,8,10,13-14H2,1H3,(H,35,36)/t15?,17?,19-,20?,28-/m1/s1. The van der Waals surface area contributed by atoms with Crippen molar-refractivity contribution < 1.29 is 39.9 Å². The third-order valence-corrected chi connectivity index (χ3v) is 12.4. The predicted molar refractivity (Wildman–Crippen MR) is 151 cm³/mol. The quantitative estimate of drug-likeness (QED) is 0.306. The van der Waals surface area contributed by atoms with Gasteiger partial charge in [0.25, 0.3) is 15.9 Å². The normalized spacial score (nSPS) is 25.4. The van der Waals surface area contributed by atoms with E-state index in [1.165, 1.54) is 30.5 Å². The molecule has 9 nitrogen and oxygen atoms in total. The lowest BCUT2D eigenvalue weighted by atomic mass is 9.73. The Bertz CT molecular complexity index is 1770. The third-order valence-electron chi connectivity index (χ3n) is 8.40. The van der Waals surface area contributed by atoms with Gasteiger partial charge in [0, 0.05) is 36.1 Å². The molecule has 1 amide bonds. The van der Waals surface area contributed by atoms with Gasteiger partial charge in [-0.05, 0) is 67.3 Å². The Labute approximate surface area is 251 Å². The number of pyridine rings is 1. The van der Waals surface area contributed by atoms with Gasteiger partial charge in [-0.2, -0.15) is 0 Å². The number of rotatable bonds is 8. The van der Waals surface area contributed by atoms with Gasteiger partial charge < -0.3 is 10.4 Å². The molecular weight excluding hydrogens is 631 g/mol. The summed E-state index contributed by atoms with van der Waals surface area (Å²) in [6, 6.07) is 9.06. The van der Waals surface area contributed by atoms with Crippen LogP contribution in [0.15, 0.2) is 64.6 Å². The maximum absolute atomic E-state index is 13.8. The highest BCUT2D eigenvalue weighted by Crippen LogP contribution is 2.54. The van der Waals surface area contributed by atoms with Crippen LogP contribution < -0.4 is 10.0 Å². The first-order valence-electron chi connectivity index (χ1n) is 13.3. The lowest BCUT2D eigenvalue weighted by molar-refractivity contribution is -0.0577. The van der Waals surface area contributed by atoms with E-state index in [9.17, 15) is 39.9 Å². The molecule has 1 heterocycles. The summed E-state index contributed by atoms with van der Waals surface area (Å²) in [6.45, 7) is 1.55. The second-order valence-corrected chi connectivity index (χ2v) is 15.3. The van der Waals surface area contributed by atoms with Gasteiger partial charge in [-0.25, -0.2) is 39.7 Å². The van der Waals surface area contributed by atoms with Crippen molar-refractivity contribution in [3.05, 3.63) is 82.8 Å². The molecule has 5 rings (SSSR count). The van der Waals surface area contributed by atoms with E-state index < -0.39 is 65.9 Å². The molecule has 3 unspecified atom stereocenters. The Balaban J connectivity index is 1.36. The zero-order chi connectivity index (χ0) is 31.3. The van der Waals surface area contributed by atoms with E-state index in [4.69, 9.17) is 11.6 Å². The van der Waals surface area contributed by atoms with Crippen LogP contribution in [0.3, 0.4) is 0 Å². The van der Waals surface area contributed by atoms with Gasteiger partial charge in [0.1, 0.15) is 0 Å². The zero-order valence-corrected chi connectivity index (χ0v) is 25.0. The first kappa shape index (κ1) is 31.4. The summed E-state index contributed by atoms with van der Waals surface area (Å²) < 4.78 is 96.1. The van der Waals surface area contributed by atoms with Gasteiger partial charge in [-0.15, -0.1) is 0 Å². The minimum Gasteiger partial charge on any atom is -0.388 e. The maximum Gasteiger partial charge on any atom is 0.258 e. The molecule has 2 aromatic carbocycles. The van der Waals surface area contributed by atoms with Crippen molar-refractivity contribution in [1.82, 2.24) is 9.71 Å². The summed E-state index contributed by atoms with van der Waals surface area (Å²) in [7, 11) is -8.19. The smallest absolute Gasteiger partial charge is 0.258 e. The van der Waals surface area contributed by atoms with Crippen LogP contribution in [0.4, 0.5) is 18.9 Å². The summed E-state index contributed by atoms with van der Waals surface area (Å²) in [5.74, 6) is -6.87. The van der Waals surface area contributed by atoms with Crippen molar-refractivity contribution in [3.63, 3.8) is 0 Å². The summed E-state index contributed by atoms with van der Waals surface area (Å²) in [6.07, 6.45) is 1.84. The number of benzene rings is 2. The van der Waals surface area contributed by atoms with Crippen LogP contribution in [0.2, 0.25) is 5.02 Å². The molecule has 15 heteroatoms. The van der Waals surface area contributed by atoms with E-state index in [2.05, 4.69) is 15.0 Å². The number of aromatic nitrogens is 1. The van der Waals surface area contributed by atoms with Crippen LogP contribution in [0, 0.1) is 35.2 Å². The van der Waals surface area contributed by atoms with Crippen molar-refractivity contribution in [3.8, 4) is 0 Å². The number of halogens is 4. The molecule has 5 atom stereocenters. The number of nitrogens with one attached hydrogen (secondary N) is 2. The molecule has 3 aromatic rings. The van der Waals surface area contributed by atoms with E-state index in [0.717, 1.165) is 6.07 Å². The maximum atomic E-state index is 13.8. The Kier molecular flexibility index (Phi) is 8.37. The summed E-state index contributed by atoms with van der Waals surface area (Å²) >= 11 is 6.27. The minimum atomic E-state index is -4.17. The SMILES string of the molecule is CC1CC2C[C@@H](S(=O)(=O)c3cc(C(=O)Nc4cc(F)c(F)c(F)c4)ccc3Cl)CC1[C@@]2(O)CNS(=O)(=O)c1ccccn1. The second-order valence-electron chi connectivity index (χ2n) is 11.0. The molecule has 230 valence electrons. The van der Waals surface area contributed by atoms with E-state index in [1.54, 1.807) is 6.07 Å². The number of carbonyl (C=O) groups excluding carboxylic acids is 1. The van der Waals surface area contributed by atoms with Crippen LogP contribution in [0.25, 0.3) is 0 Å². The number of carbonyl (C=O) groups is 1. The molecule has 3 N–H and O–H groups in total. The number of hydrogen-bond donors (Lipinski definition) is 3. The van der Waals surface area contributed by atoms with Crippen molar-refractivity contribution in [2.75, 3.05) is 11.9 Å². The van der Waals surface area contributed by atoms with Crippen molar-refractivity contribution in [2.45, 2.75) is 47.0 Å². The van der Waals surface area contributed by atoms with E-state index >= 15 is 0 Å². The first-order valence-corrected chi connectivity index (χ1v) is 16.7. The molecule has 2 aliphatic rings. The number of nitrogens with zero attached hydrogens (tertiary/aromatic N) is 1. The van der Waals surface area contributed by atoms with Gasteiger partial charge in [0.2, 0.25) is 0 Å². The predicted octanol–water partition coefficient (Wildman–Crippen LogP) is 4.32. The highest BCUT2D eigenvalue weighted by Gasteiger charge is 2.58. The lowest BCUT2D eigenvalue weighted by Gasteiger charge is -2.43. The topological polar surface area (TPSA) is 143 Å². The third kappa shape index (κ3) is 5.90. The summed E-state index contributed by atoms with van der Waals surface area (Å²) in [4.78, 5) is 16.3. The molecule has 43 heavy (non-hydrogen) atoms. The molecule has 2 aliphatic carbocycles. The Morgan fingerprint density at radius 3 is 2.37 bits per heavy atom. The number of fused-ring (bicyclic) bond motifs is 2. The molecular formula is C28H27ClF3N3O6S2. The average molecular weight is 658 g/mol. The lowest BCUT2D eigenvalue weighted by Crippen LogP contribution is -2.55. The van der Waals surface area contributed by atoms with E-state index in [1.807, 2.05) is 6.92 Å². The Morgan fingerprint density at radius 1 is 1.05 bits per heavy atom. The van der Waals surface area contributed by atoms with Crippen molar-refractivity contribution in [2.24, 2.45) is 17.8 Å². The molecule has 2 bridgehead atoms. The fourth-order valence-corrected chi connectivity index (χ4v) is 9.64. The van der Waals surface area contributed by atoms with Crippen molar-refractivity contribution in [1.29, 1.82) is 0 Å². The van der Waals surface area contributed by atoms with Crippen LogP contribution in [-0.4, -0.2) is 50.2 Å². The van der Waals surface area contributed by atoms with Gasteiger partial charge in [-0.1, -0.05) is 24.6 Å². The Morgan fingerprint density at radius 2 is 1.74 bits per heavy atom. The van der Waals surface area contributed by atoms with Crippen LogP contribution in [-0.2, 0) is 19.9 Å². The number of hydrogen-bond acceptors (Lipinski definition) is 7. The zero-order valence-electron chi connectivity index (χ0n) is 22.6. The van der Waals surface area contributed by atoms with Crippen LogP contribution in [0.5, 0.6) is 0 Å². The molecule has 0 saturated heterocycles. The summed E-state index contributed by atoms with van der Waals surface area (Å²) in [5.41, 5.74) is -2.06. The number of aliphatic hydroxyl groups is 1. The molecule has 2 saturated carbocycles. The average Bonchev–Trinajstić information content (AvgIpc) is 3.07. The molecule has 2 fully saturated rings. The minimum absolute atomic E-state index is 0.0166. The highest BCUT2D eigenvalue weighted by molar-refractivity contribution is 7.92. The number of amides is 1. The summed E-state index contributed by atoms with van der Waals surface area (Å²) in [5, 5.41) is 12.5. The second kappa shape index (κ2) is 11.5. The van der Waals surface area contributed by atoms with E-state index in [-0.39, 0.29) is 51.5 Å². The molecule has 0 spiro atoms. The number of sulfonamides is 1. The van der Waals surface area contributed by atoms with Crippen LogP contribution in [0.1, 0.15) is 36.5 Å². The fourth-order valence-electron chi connectivity index (χ4n) is 6.24. The number of anilines is 1. The highest BCUT2D eigenvalue weighted by atomic mass is 35.5. The van der Waals surface area contributed by atoms with Gasteiger partial charge in [0.15, 0.2) is 32.3 Å². The molecule has 1 aromatic heterocycles. The van der Waals surface area contributed by atoms with Gasteiger partial charge in [0.05, 0.1) is 20.8 Å². The first-order chi connectivity index (χ1) is 20.1.